The van der Waals surface area contributed by atoms with E-state index in [9.17, 15) is 23.5 Å². The van der Waals surface area contributed by atoms with Crippen LogP contribution in [0.5, 0.6) is 0 Å². The lowest BCUT2D eigenvalue weighted by Gasteiger charge is -2.40. The number of nitrogens with two attached hydrogens (primary N) is 1. The van der Waals surface area contributed by atoms with E-state index in [1.807, 2.05) is 44.2 Å². The molecule has 0 bridgehead atoms. The standard InChI is InChI=1S/C30H38F2N4O3/c1-3-12-36(13-4-2)28(38)26-18-30(29(33)39,10-11-35-26)25(16-22-14-23(31)17-24(32)15-22)27(37)20-34-19-21-8-6-5-7-9-21/h5-11,14-15,17,25,27,34,37H,3-4,12-13,16,18-20H2,1-2H3,(H2,33,39)/t25-,27+,30?/m1/s1. The minimum absolute atomic E-state index is 0.0503. The summed E-state index contributed by atoms with van der Waals surface area (Å²) in [4.78, 5) is 32.5. The third-order valence-electron chi connectivity index (χ3n) is 7.07. The van der Waals surface area contributed by atoms with Crippen LogP contribution in [0, 0.1) is 23.0 Å². The van der Waals surface area contributed by atoms with Gasteiger partial charge in [-0.25, -0.2) is 8.78 Å². The molecule has 0 saturated heterocycles. The Kier molecular flexibility index (Phi) is 10.9. The van der Waals surface area contributed by atoms with E-state index in [2.05, 4.69) is 10.3 Å². The van der Waals surface area contributed by atoms with Crippen molar-refractivity contribution in [1.82, 2.24) is 10.2 Å². The molecule has 0 fully saturated rings. The first-order chi connectivity index (χ1) is 18.7. The number of benzene rings is 2. The number of amides is 2. The number of nitrogens with zero attached hydrogens (tertiary/aromatic N) is 2. The molecule has 0 aliphatic carbocycles. The molecular formula is C30H38F2N4O3. The predicted octanol–water partition coefficient (Wildman–Crippen LogP) is 3.75. The van der Waals surface area contributed by atoms with Crippen molar-refractivity contribution in [3.8, 4) is 0 Å². The maximum Gasteiger partial charge on any atom is 0.268 e. The SMILES string of the molecule is CCCN(CCC)C(=O)C1=NC=CC(C(N)=O)([C@H](Cc2cc(F)cc(F)c2)[C@@H](O)CNCc2ccccc2)C1. The molecule has 0 spiro atoms. The Balaban J connectivity index is 1.93. The fourth-order valence-electron chi connectivity index (χ4n) is 5.16. The van der Waals surface area contributed by atoms with Crippen molar-refractivity contribution in [3.63, 3.8) is 0 Å². The van der Waals surface area contributed by atoms with Crippen LogP contribution >= 0.6 is 0 Å². The Bertz CT molecular complexity index is 1160. The van der Waals surface area contributed by atoms with Crippen molar-refractivity contribution in [2.24, 2.45) is 22.1 Å². The number of rotatable bonds is 14. The van der Waals surface area contributed by atoms with Gasteiger partial charge < -0.3 is 21.1 Å². The quantitative estimate of drug-likeness (QED) is 0.339. The van der Waals surface area contributed by atoms with Crippen LogP contribution in [0.4, 0.5) is 8.78 Å². The number of carbonyl (C=O) groups excluding carboxylic acids is 2. The Hall–Kier alpha value is -3.43. The number of aliphatic imine (C=N–C) groups is 1. The Morgan fingerprint density at radius 3 is 2.31 bits per heavy atom. The van der Waals surface area contributed by atoms with Crippen LogP contribution in [0.15, 0.2) is 65.8 Å². The lowest BCUT2D eigenvalue weighted by molar-refractivity contribution is -0.130. The summed E-state index contributed by atoms with van der Waals surface area (Å²) in [6, 6.07) is 12.7. The Morgan fingerprint density at radius 1 is 1.08 bits per heavy atom. The van der Waals surface area contributed by atoms with Crippen molar-refractivity contribution in [2.45, 2.75) is 52.2 Å². The highest BCUT2D eigenvalue weighted by molar-refractivity contribution is 6.39. The number of primary amides is 1. The highest BCUT2D eigenvalue weighted by Crippen LogP contribution is 2.41. The largest absolute Gasteiger partial charge is 0.391 e. The molecule has 4 N–H and O–H groups in total. The second-order valence-corrected chi connectivity index (χ2v) is 10.0. The van der Waals surface area contributed by atoms with Gasteiger partial charge in [0.1, 0.15) is 17.3 Å². The molecule has 2 aromatic rings. The molecule has 1 aliphatic heterocycles. The lowest BCUT2D eigenvalue weighted by Crippen LogP contribution is -2.53. The van der Waals surface area contributed by atoms with Gasteiger partial charge in [0.25, 0.3) is 5.91 Å². The second-order valence-electron chi connectivity index (χ2n) is 10.0. The van der Waals surface area contributed by atoms with E-state index in [1.165, 1.54) is 24.4 Å². The number of hydrogen-bond donors (Lipinski definition) is 3. The van der Waals surface area contributed by atoms with Crippen molar-refractivity contribution in [2.75, 3.05) is 19.6 Å². The van der Waals surface area contributed by atoms with Crippen LogP contribution in [0.25, 0.3) is 0 Å². The predicted molar refractivity (Wildman–Crippen MR) is 148 cm³/mol. The molecule has 3 atom stereocenters. The number of nitrogens with one attached hydrogen (secondary N) is 1. The summed E-state index contributed by atoms with van der Waals surface area (Å²) in [7, 11) is 0. The maximum atomic E-state index is 14.1. The molecule has 3 rings (SSSR count). The fraction of sp³-hybridized carbons (Fsp3) is 0.433. The van der Waals surface area contributed by atoms with Gasteiger partial charge in [-0.05, 0) is 48.6 Å². The highest BCUT2D eigenvalue weighted by atomic mass is 19.1. The van der Waals surface area contributed by atoms with Gasteiger partial charge >= 0.3 is 0 Å². The first kappa shape index (κ1) is 30.1. The van der Waals surface area contributed by atoms with E-state index in [-0.39, 0.29) is 36.6 Å². The second kappa shape index (κ2) is 14.1. The molecule has 39 heavy (non-hydrogen) atoms. The normalized spacial score (nSPS) is 18.3. The van der Waals surface area contributed by atoms with Gasteiger partial charge in [-0.15, -0.1) is 0 Å². The van der Waals surface area contributed by atoms with Crippen molar-refractivity contribution in [1.29, 1.82) is 0 Å². The summed E-state index contributed by atoms with van der Waals surface area (Å²) < 4.78 is 28.2. The van der Waals surface area contributed by atoms with Crippen molar-refractivity contribution in [3.05, 3.63) is 83.6 Å². The fourth-order valence-corrected chi connectivity index (χ4v) is 5.16. The molecule has 1 unspecified atom stereocenters. The third kappa shape index (κ3) is 7.80. The summed E-state index contributed by atoms with van der Waals surface area (Å²) in [6.45, 7) is 5.57. The number of aliphatic hydroxyl groups is 1. The molecule has 2 amide bonds. The molecule has 7 nitrogen and oxygen atoms in total. The van der Waals surface area contributed by atoms with E-state index in [1.54, 1.807) is 4.90 Å². The number of hydrogen-bond acceptors (Lipinski definition) is 5. The average molecular weight is 541 g/mol. The van der Waals surface area contributed by atoms with Crippen molar-refractivity contribution >= 4 is 17.5 Å². The Morgan fingerprint density at radius 2 is 1.72 bits per heavy atom. The van der Waals surface area contributed by atoms with Gasteiger partial charge in [0.2, 0.25) is 5.91 Å². The van der Waals surface area contributed by atoms with E-state index in [0.29, 0.717) is 19.6 Å². The van der Waals surface area contributed by atoms with E-state index < -0.39 is 35.0 Å². The molecule has 2 aromatic carbocycles. The zero-order valence-corrected chi connectivity index (χ0v) is 22.6. The van der Waals surface area contributed by atoms with Crippen LogP contribution in [0.3, 0.4) is 0 Å². The third-order valence-corrected chi connectivity index (χ3v) is 7.07. The topological polar surface area (TPSA) is 108 Å². The monoisotopic (exact) mass is 540 g/mol. The van der Waals surface area contributed by atoms with Crippen LogP contribution in [-0.2, 0) is 22.6 Å². The van der Waals surface area contributed by atoms with Gasteiger partial charge in [0, 0.05) is 50.8 Å². The molecule has 0 radical (unpaired) electrons. The summed E-state index contributed by atoms with van der Waals surface area (Å²) >= 11 is 0. The minimum Gasteiger partial charge on any atom is -0.391 e. The molecule has 0 saturated carbocycles. The summed E-state index contributed by atoms with van der Waals surface area (Å²) in [5.74, 6) is -3.47. The van der Waals surface area contributed by atoms with Gasteiger partial charge in [-0.1, -0.05) is 44.2 Å². The first-order valence-corrected chi connectivity index (χ1v) is 13.4. The van der Waals surface area contributed by atoms with Gasteiger partial charge in [-0.3, -0.25) is 14.6 Å². The minimum atomic E-state index is -1.51. The Labute approximate surface area is 228 Å². The van der Waals surface area contributed by atoms with E-state index in [0.717, 1.165) is 24.5 Å². The highest BCUT2D eigenvalue weighted by Gasteiger charge is 2.48. The zero-order valence-electron chi connectivity index (χ0n) is 22.6. The summed E-state index contributed by atoms with van der Waals surface area (Å²) in [5.41, 5.74) is 5.91. The molecule has 210 valence electrons. The molecule has 1 aliphatic rings. The lowest BCUT2D eigenvalue weighted by atomic mass is 9.65. The molecular weight excluding hydrogens is 502 g/mol. The number of aliphatic hydroxyl groups excluding tert-OH is 1. The maximum absolute atomic E-state index is 14.1. The molecule has 1 heterocycles. The molecule has 0 aromatic heterocycles. The number of carbonyl (C=O) groups is 2. The summed E-state index contributed by atoms with van der Waals surface area (Å²) in [6.07, 6.45) is 3.09. The molecule has 9 heteroatoms. The number of halogens is 2. The zero-order chi connectivity index (χ0) is 28.4. The van der Waals surface area contributed by atoms with E-state index >= 15 is 0 Å². The van der Waals surface area contributed by atoms with Gasteiger partial charge in [-0.2, -0.15) is 0 Å². The van der Waals surface area contributed by atoms with Gasteiger partial charge in [0.05, 0.1) is 11.5 Å². The van der Waals surface area contributed by atoms with Crippen molar-refractivity contribution < 1.29 is 23.5 Å². The van der Waals surface area contributed by atoms with Gasteiger partial charge in [0.15, 0.2) is 0 Å². The first-order valence-electron chi connectivity index (χ1n) is 13.4. The van der Waals surface area contributed by atoms with Crippen LogP contribution in [-0.4, -0.2) is 53.3 Å². The van der Waals surface area contributed by atoms with Crippen LogP contribution < -0.4 is 11.1 Å². The smallest absolute Gasteiger partial charge is 0.268 e. The average Bonchev–Trinajstić information content (AvgIpc) is 2.91. The summed E-state index contributed by atoms with van der Waals surface area (Å²) in [5, 5.41) is 14.6. The van der Waals surface area contributed by atoms with E-state index in [4.69, 9.17) is 5.73 Å². The van der Waals surface area contributed by atoms with Crippen LogP contribution in [0.1, 0.15) is 44.2 Å². The van der Waals surface area contributed by atoms with Crippen LogP contribution in [0.2, 0.25) is 0 Å².